The van der Waals surface area contributed by atoms with Gasteiger partial charge in [0.25, 0.3) is 0 Å². The van der Waals surface area contributed by atoms with Gasteiger partial charge in [0.15, 0.2) is 0 Å². The fourth-order valence-electron chi connectivity index (χ4n) is 3.56. The number of piperidine rings is 1. The first-order valence-electron chi connectivity index (χ1n) is 9.29. The molecule has 1 aliphatic heterocycles. The fourth-order valence-corrected chi connectivity index (χ4v) is 3.56. The van der Waals surface area contributed by atoms with Gasteiger partial charge >= 0.3 is 0 Å². The van der Waals surface area contributed by atoms with Gasteiger partial charge in [-0.15, -0.1) is 0 Å². The van der Waals surface area contributed by atoms with Crippen molar-refractivity contribution in [2.24, 2.45) is 0 Å². The van der Waals surface area contributed by atoms with E-state index in [1.165, 1.54) is 0 Å². The Kier molecular flexibility index (Phi) is 5.06. The van der Waals surface area contributed by atoms with Crippen LogP contribution in [-0.2, 0) is 4.79 Å². The molecule has 2 aromatic heterocycles. The highest BCUT2D eigenvalue weighted by molar-refractivity contribution is 5.87. The van der Waals surface area contributed by atoms with Crippen LogP contribution in [0.1, 0.15) is 18.4 Å². The van der Waals surface area contributed by atoms with Crippen LogP contribution in [0.4, 0.5) is 11.5 Å². The van der Waals surface area contributed by atoms with E-state index in [4.69, 9.17) is 5.26 Å². The number of benzene rings is 1. The lowest BCUT2D eigenvalue weighted by atomic mass is 10.1. The molecule has 0 unspecified atom stereocenters. The van der Waals surface area contributed by atoms with Gasteiger partial charge in [-0.1, -0.05) is 6.07 Å². The molecule has 1 atom stereocenters. The van der Waals surface area contributed by atoms with Crippen LogP contribution < -0.4 is 15.5 Å². The molecule has 3 N–H and O–H groups in total. The topological polar surface area (TPSA) is 110 Å². The Hall–Kier alpha value is -3.60. The van der Waals surface area contributed by atoms with E-state index in [9.17, 15) is 4.79 Å². The van der Waals surface area contributed by atoms with Gasteiger partial charge in [-0.25, -0.2) is 9.97 Å². The zero-order valence-corrected chi connectivity index (χ0v) is 15.4. The van der Waals surface area contributed by atoms with Gasteiger partial charge in [-0.05, 0) is 37.1 Å². The number of aromatic nitrogens is 3. The first kappa shape index (κ1) is 17.8. The first-order valence-corrected chi connectivity index (χ1v) is 9.29. The summed E-state index contributed by atoms with van der Waals surface area (Å²) in [7, 11) is 0. The molecule has 142 valence electrons. The van der Waals surface area contributed by atoms with Crippen LogP contribution in [0, 0.1) is 11.3 Å². The zero-order valence-electron chi connectivity index (χ0n) is 15.4. The first-order chi connectivity index (χ1) is 13.7. The van der Waals surface area contributed by atoms with Crippen molar-refractivity contribution in [2.45, 2.75) is 18.9 Å². The predicted molar refractivity (Wildman–Crippen MR) is 107 cm³/mol. The molecule has 1 amide bonds. The van der Waals surface area contributed by atoms with Crippen LogP contribution in [0.3, 0.4) is 0 Å². The molecule has 1 fully saturated rings. The van der Waals surface area contributed by atoms with Gasteiger partial charge < -0.3 is 20.5 Å². The van der Waals surface area contributed by atoms with E-state index in [0.29, 0.717) is 12.1 Å². The third-order valence-corrected chi connectivity index (χ3v) is 4.86. The number of rotatable bonds is 5. The van der Waals surface area contributed by atoms with Crippen LogP contribution in [0.25, 0.3) is 11.0 Å². The fraction of sp³-hybridized carbons (Fsp3) is 0.300. The molecule has 0 bridgehead atoms. The Morgan fingerprint density at radius 1 is 1.36 bits per heavy atom. The van der Waals surface area contributed by atoms with Crippen LogP contribution in [-0.4, -0.2) is 46.5 Å². The SMILES string of the molecule is N#Cc1cccc(NCC(=O)N[C@@H]2CCCN(c3ncnc4[nH]ccc34)C2)c1. The van der Waals surface area contributed by atoms with Crippen molar-refractivity contribution in [2.75, 3.05) is 29.9 Å². The molecule has 1 saturated heterocycles. The van der Waals surface area contributed by atoms with E-state index in [1.54, 1.807) is 24.5 Å². The molecule has 3 heterocycles. The molecular formula is C20H21N7O. The van der Waals surface area contributed by atoms with E-state index in [1.807, 2.05) is 18.3 Å². The number of nitrogens with one attached hydrogen (secondary N) is 3. The van der Waals surface area contributed by atoms with Crippen LogP contribution in [0.2, 0.25) is 0 Å². The highest BCUT2D eigenvalue weighted by Gasteiger charge is 2.23. The van der Waals surface area contributed by atoms with Gasteiger partial charge in [0, 0.05) is 31.0 Å². The van der Waals surface area contributed by atoms with Crippen LogP contribution >= 0.6 is 0 Å². The summed E-state index contributed by atoms with van der Waals surface area (Å²) < 4.78 is 0. The Morgan fingerprint density at radius 3 is 3.18 bits per heavy atom. The average Bonchev–Trinajstić information content (AvgIpc) is 3.21. The highest BCUT2D eigenvalue weighted by atomic mass is 16.2. The molecule has 0 radical (unpaired) electrons. The van der Waals surface area contributed by atoms with E-state index in [-0.39, 0.29) is 18.5 Å². The number of H-pyrrole nitrogens is 1. The van der Waals surface area contributed by atoms with Gasteiger partial charge in [0.2, 0.25) is 5.91 Å². The molecule has 8 heteroatoms. The van der Waals surface area contributed by atoms with E-state index in [0.717, 1.165) is 41.9 Å². The lowest BCUT2D eigenvalue weighted by Gasteiger charge is -2.34. The Labute approximate surface area is 162 Å². The molecular weight excluding hydrogens is 354 g/mol. The van der Waals surface area contributed by atoms with Gasteiger partial charge in [-0.3, -0.25) is 4.79 Å². The summed E-state index contributed by atoms with van der Waals surface area (Å²) in [6.45, 7) is 1.79. The summed E-state index contributed by atoms with van der Waals surface area (Å²) in [5, 5.41) is 16.1. The summed E-state index contributed by atoms with van der Waals surface area (Å²) in [5.41, 5.74) is 2.14. The standard InChI is InChI=1S/C20H21N7O/c21-10-14-3-1-4-15(9-14)23-11-18(28)26-16-5-2-8-27(12-16)20-17-6-7-22-19(17)24-13-25-20/h1,3-4,6-7,9,13,16,23H,2,5,8,11-12H2,(H,26,28)(H,22,24,25)/t16-/m1/s1. The maximum Gasteiger partial charge on any atom is 0.239 e. The molecule has 4 rings (SSSR count). The predicted octanol–water partition coefficient (Wildman–Crippen LogP) is 2.03. The largest absolute Gasteiger partial charge is 0.376 e. The number of amides is 1. The van der Waals surface area contributed by atoms with Gasteiger partial charge in [0.05, 0.1) is 23.6 Å². The van der Waals surface area contributed by atoms with Crippen molar-refractivity contribution in [1.82, 2.24) is 20.3 Å². The molecule has 0 aliphatic carbocycles. The maximum atomic E-state index is 12.4. The second-order valence-corrected chi connectivity index (χ2v) is 6.84. The van der Waals surface area contributed by atoms with Gasteiger partial charge in [-0.2, -0.15) is 5.26 Å². The van der Waals surface area contributed by atoms with Crippen molar-refractivity contribution in [3.05, 3.63) is 48.4 Å². The number of nitrogens with zero attached hydrogens (tertiary/aromatic N) is 4. The van der Waals surface area contributed by atoms with E-state index in [2.05, 4.69) is 36.6 Å². The summed E-state index contributed by atoms with van der Waals surface area (Å²) in [5.74, 6) is 0.834. The van der Waals surface area contributed by atoms with Crippen molar-refractivity contribution in [3.8, 4) is 6.07 Å². The zero-order chi connectivity index (χ0) is 19.3. The van der Waals surface area contributed by atoms with E-state index < -0.39 is 0 Å². The minimum Gasteiger partial charge on any atom is -0.376 e. The second kappa shape index (κ2) is 7.96. The highest BCUT2D eigenvalue weighted by Crippen LogP contribution is 2.25. The summed E-state index contributed by atoms with van der Waals surface area (Å²) in [4.78, 5) is 26.4. The molecule has 8 nitrogen and oxygen atoms in total. The van der Waals surface area contributed by atoms with Gasteiger partial charge in [0.1, 0.15) is 17.8 Å². The third kappa shape index (κ3) is 3.88. The maximum absolute atomic E-state index is 12.4. The van der Waals surface area contributed by atoms with Crippen molar-refractivity contribution < 1.29 is 4.79 Å². The lowest BCUT2D eigenvalue weighted by Crippen LogP contribution is -2.49. The second-order valence-electron chi connectivity index (χ2n) is 6.84. The van der Waals surface area contributed by atoms with Crippen molar-refractivity contribution >= 4 is 28.4 Å². The number of hydrogen-bond acceptors (Lipinski definition) is 6. The minimum atomic E-state index is -0.0660. The number of carbonyl (C=O) groups is 1. The smallest absolute Gasteiger partial charge is 0.239 e. The third-order valence-electron chi connectivity index (χ3n) is 4.86. The molecule has 28 heavy (non-hydrogen) atoms. The number of anilines is 2. The van der Waals surface area contributed by atoms with Crippen molar-refractivity contribution in [3.63, 3.8) is 0 Å². The number of carbonyl (C=O) groups excluding carboxylic acids is 1. The van der Waals surface area contributed by atoms with Crippen LogP contribution in [0.5, 0.6) is 0 Å². The summed E-state index contributed by atoms with van der Waals surface area (Å²) >= 11 is 0. The summed E-state index contributed by atoms with van der Waals surface area (Å²) in [6, 6.07) is 11.2. The molecule has 3 aromatic rings. The number of aromatic amines is 1. The number of hydrogen-bond donors (Lipinski definition) is 3. The lowest BCUT2D eigenvalue weighted by molar-refractivity contribution is -0.120. The molecule has 0 spiro atoms. The Morgan fingerprint density at radius 2 is 2.29 bits per heavy atom. The monoisotopic (exact) mass is 375 g/mol. The molecule has 0 saturated carbocycles. The van der Waals surface area contributed by atoms with E-state index >= 15 is 0 Å². The molecule has 1 aliphatic rings. The Balaban J connectivity index is 1.35. The average molecular weight is 375 g/mol. The van der Waals surface area contributed by atoms with Crippen molar-refractivity contribution in [1.29, 1.82) is 5.26 Å². The number of nitriles is 1. The summed E-state index contributed by atoms with van der Waals surface area (Å²) in [6.07, 6.45) is 5.35. The number of fused-ring (bicyclic) bond motifs is 1. The normalized spacial score (nSPS) is 16.5. The minimum absolute atomic E-state index is 0.0660. The molecule has 1 aromatic carbocycles. The van der Waals surface area contributed by atoms with Crippen LogP contribution in [0.15, 0.2) is 42.9 Å². The Bertz CT molecular complexity index is 1020. The quantitative estimate of drug-likeness (QED) is 0.629.